The van der Waals surface area contributed by atoms with Crippen LogP contribution in [-0.4, -0.2) is 11.2 Å². The van der Waals surface area contributed by atoms with Gasteiger partial charge in [-0.1, -0.05) is 33.3 Å². The molecule has 0 aromatic heterocycles. The van der Waals surface area contributed by atoms with E-state index in [2.05, 4.69) is 27.4 Å². The molecule has 2 atom stereocenters. The monoisotopic (exact) mass is 156 g/mol. The zero-order valence-corrected chi connectivity index (χ0v) is 7.88. The summed E-state index contributed by atoms with van der Waals surface area (Å²) in [6.45, 7) is 10.0. The van der Waals surface area contributed by atoms with E-state index in [1.54, 1.807) is 6.08 Å². The maximum Gasteiger partial charge on any atom is 0.0605 e. The van der Waals surface area contributed by atoms with E-state index >= 15 is 0 Å². The highest BCUT2D eigenvalue weighted by atomic mass is 16.3. The Morgan fingerprint density at radius 3 is 2.27 bits per heavy atom. The molecule has 0 aliphatic rings. The van der Waals surface area contributed by atoms with E-state index in [0.717, 1.165) is 12.8 Å². The van der Waals surface area contributed by atoms with Crippen molar-refractivity contribution >= 4 is 0 Å². The van der Waals surface area contributed by atoms with E-state index in [0.29, 0.717) is 11.8 Å². The largest absolute Gasteiger partial charge is 0.393 e. The first-order valence-electron chi connectivity index (χ1n) is 4.42. The van der Waals surface area contributed by atoms with Crippen molar-refractivity contribution in [3.63, 3.8) is 0 Å². The minimum absolute atomic E-state index is 0.197. The average Bonchev–Trinajstić information content (AvgIpc) is 1.88. The normalized spacial score (nSPS) is 16.5. The summed E-state index contributed by atoms with van der Waals surface area (Å²) >= 11 is 0. The maximum absolute atomic E-state index is 9.61. The van der Waals surface area contributed by atoms with E-state index < -0.39 is 0 Å². The fourth-order valence-corrected chi connectivity index (χ4v) is 1.53. The second-order valence-corrected chi connectivity index (χ2v) is 3.41. The highest BCUT2D eigenvalue weighted by Crippen LogP contribution is 2.21. The molecule has 11 heavy (non-hydrogen) atoms. The summed E-state index contributed by atoms with van der Waals surface area (Å²) < 4.78 is 0. The van der Waals surface area contributed by atoms with Gasteiger partial charge in [-0.25, -0.2) is 0 Å². The molecule has 1 heteroatoms. The lowest BCUT2D eigenvalue weighted by Crippen LogP contribution is -2.23. The average molecular weight is 156 g/mol. The number of hydrogen-bond acceptors (Lipinski definition) is 1. The Labute approximate surface area is 70.1 Å². The molecule has 0 bridgehead atoms. The zero-order valence-electron chi connectivity index (χ0n) is 7.88. The molecule has 0 aliphatic heterocycles. The zero-order chi connectivity index (χ0) is 8.85. The molecule has 0 saturated carbocycles. The molecular weight excluding hydrogens is 136 g/mol. The van der Waals surface area contributed by atoms with E-state index in [-0.39, 0.29) is 6.10 Å². The third-order valence-corrected chi connectivity index (χ3v) is 2.23. The Hall–Kier alpha value is -0.300. The first-order chi connectivity index (χ1) is 5.13. The third-order valence-electron chi connectivity index (χ3n) is 2.23. The quantitative estimate of drug-likeness (QED) is 0.607. The van der Waals surface area contributed by atoms with E-state index in [4.69, 9.17) is 0 Å². The molecule has 0 spiro atoms. The molecule has 0 radical (unpaired) electrons. The second-order valence-electron chi connectivity index (χ2n) is 3.41. The van der Waals surface area contributed by atoms with Gasteiger partial charge in [-0.2, -0.15) is 0 Å². The Bertz CT molecular complexity index is 107. The van der Waals surface area contributed by atoms with Gasteiger partial charge in [0, 0.05) is 0 Å². The van der Waals surface area contributed by atoms with Gasteiger partial charge in [0.05, 0.1) is 6.10 Å². The minimum Gasteiger partial charge on any atom is -0.393 e. The number of aliphatic hydroxyl groups is 1. The summed E-state index contributed by atoms with van der Waals surface area (Å²) in [6.07, 6.45) is 3.36. The van der Waals surface area contributed by atoms with Crippen LogP contribution in [-0.2, 0) is 0 Å². The molecule has 0 aromatic carbocycles. The molecule has 66 valence electrons. The molecule has 0 aliphatic carbocycles. The van der Waals surface area contributed by atoms with Gasteiger partial charge in [0.2, 0.25) is 0 Å². The van der Waals surface area contributed by atoms with Crippen LogP contribution in [0.5, 0.6) is 0 Å². The summed E-state index contributed by atoms with van der Waals surface area (Å²) in [6, 6.07) is 0. The SMILES string of the molecule is C=CC[C@@H](O)[C@@H](CC)C(C)C. The highest BCUT2D eigenvalue weighted by Gasteiger charge is 2.18. The van der Waals surface area contributed by atoms with Gasteiger partial charge >= 0.3 is 0 Å². The number of rotatable bonds is 5. The first kappa shape index (κ1) is 10.7. The summed E-state index contributed by atoms with van der Waals surface area (Å²) in [4.78, 5) is 0. The summed E-state index contributed by atoms with van der Waals surface area (Å²) in [5.41, 5.74) is 0. The van der Waals surface area contributed by atoms with Gasteiger partial charge in [0.15, 0.2) is 0 Å². The van der Waals surface area contributed by atoms with Crippen LogP contribution in [0.3, 0.4) is 0 Å². The van der Waals surface area contributed by atoms with E-state index in [1.807, 2.05) is 0 Å². The van der Waals surface area contributed by atoms with E-state index in [9.17, 15) is 5.11 Å². The lowest BCUT2D eigenvalue weighted by molar-refractivity contribution is 0.0815. The van der Waals surface area contributed by atoms with Crippen molar-refractivity contribution < 1.29 is 5.11 Å². The van der Waals surface area contributed by atoms with Crippen molar-refractivity contribution in [1.82, 2.24) is 0 Å². The summed E-state index contributed by atoms with van der Waals surface area (Å²) in [5, 5.41) is 9.61. The van der Waals surface area contributed by atoms with Crippen molar-refractivity contribution in [1.29, 1.82) is 0 Å². The predicted molar refractivity (Wildman–Crippen MR) is 49.4 cm³/mol. The molecular formula is C10H20O. The molecule has 0 unspecified atom stereocenters. The van der Waals surface area contributed by atoms with Crippen molar-refractivity contribution in [2.45, 2.75) is 39.7 Å². The van der Waals surface area contributed by atoms with Gasteiger partial charge in [-0.05, 0) is 18.3 Å². The Balaban J connectivity index is 3.90. The Kier molecular flexibility index (Phi) is 5.22. The first-order valence-corrected chi connectivity index (χ1v) is 4.42. The lowest BCUT2D eigenvalue weighted by Gasteiger charge is -2.23. The molecule has 0 heterocycles. The van der Waals surface area contributed by atoms with Crippen molar-refractivity contribution in [3.05, 3.63) is 12.7 Å². The van der Waals surface area contributed by atoms with Crippen LogP contribution in [0.25, 0.3) is 0 Å². The molecule has 0 amide bonds. The van der Waals surface area contributed by atoms with Crippen molar-refractivity contribution in [2.24, 2.45) is 11.8 Å². The number of aliphatic hydroxyl groups excluding tert-OH is 1. The smallest absolute Gasteiger partial charge is 0.0605 e. The standard InChI is InChI=1S/C10H20O/c1-5-7-10(11)9(6-2)8(3)4/h5,8-11H,1,6-7H2,2-4H3/t9-,10+/m0/s1. The fraction of sp³-hybridized carbons (Fsp3) is 0.800. The van der Waals surface area contributed by atoms with Crippen LogP contribution in [0.1, 0.15) is 33.6 Å². The summed E-state index contributed by atoms with van der Waals surface area (Å²) in [5.74, 6) is 0.989. The summed E-state index contributed by atoms with van der Waals surface area (Å²) in [7, 11) is 0. The molecule has 1 N–H and O–H groups in total. The molecule has 0 saturated heterocycles. The van der Waals surface area contributed by atoms with Crippen LogP contribution < -0.4 is 0 Å². The second kappa shape index (κ2) is 5.36. The van der Waals surface area contributed by atoms with Gasteiger partial charge < -0.3 is 5.11 Å². The van der Waals surface area contributed by atoms with Gasteiger partial charge in [-0.15, -0.1) is 6.58 Å². The highest BCUT2D eigenvalue weighted by molar-refractivity contribution is 4.78. The van der Waals surface area contributed by atoms with Crippen LogP contribution >= 0.6 is 0 Å². The molecule has 0 aromatic rings. The van der Waals surface area contributed by atoms with Crippen molar-refractivity contribution in [2.75, 3.05) is 0 Å². The minimum atomic E-state index is -0.197. The van der Waals surface area contributed by atoms with Crippen LogP contribution in [0.4, 0.5) is 0 Å². The predicted octanol–water partition coefficient (Wildman–Crippen LogP) is 2.61. The lowest BCUT2D eigenvalue weighted by atomic mass is 9.86. The third kappa shape index (κ3) is 3.57. The van der Waals surface area contributed by atoms with Crippen molar-refractivity contribution in [3.8, 4) is 0 Å². The Morgan fingerprint density at radius 1 is 1.45 bits per heavy atom. The van der Waals surface area contributed by atoms with Crippen LogP contribution in [0.15, 0.2) is 12.7 Å². The van der Waals surface area contributed by atoms with Crippen LogP contribution in [0.2, 0.25) is 0 Å². The molecule has 1 nitrogen and oxygen atoms in total. The van der Waals surface area contributed by atoms with Gasteiger partial charge in [0.1, 0.15) is 0 Å². The fourth-order valence-electron chi connectivity index (χ4n) is 1.53. The topological polar surface area (TPSA) is 20.2 Å². The molecule has 0 rings (SSSR count). The molecule has 0 fully saturated rings. The van der Waals surface area contributed by atoms with Gasteiger partial charge in [-0.3, -0.25) is 0 Å². The van der Waals surface area contributed by atoms with Crippen LogP contribution in [0, 0.1) is 11.8 Å². The maximum atomic E-state index is 9.61. The Morgan fingerprint density at radius 2 is 2.00 bits per heavy atom. The van der Waals surface area contributed by atoms with E-state index in [1.165, 1.54) is 0 Å². The number of hydrogen-bond donors (Lipinski definition) is 1. The van der Waals surface area contributed by atoms with Gasteiger partial charge in [0.25, 0.3) is 0 Å².